The van der Waals surface area contributed by atoms with Crippen LogP contribution < -0.4 is 10.6 Å². The molecule has 0 aliphatic heterocycles. The van der Waals surface area contributed by atoms with Crippen molar-refractivity contribution < 1.29 is 4.79 Å². The minimum absolute atomic E-state index is 0.0842. The summed E-state index contributed by atoms with van der Waals surface area (Å²) in [4.78, 5) is 11.6. The zero-order chi connectivity index (χ0) is 14.1. The Balaban J connectivity index is 2.14. The van der Waals surface area contributed by atoms with E-state index in [2.05, 4.69) is 43.5 Å². The Labute approximate surface area is 116 Å². The third kappa shape index (κ3) is 6.97. The van der Waals surface area contributed by atoms with Gasteiger partial charge in [0.15, 0.2) is 0 Å². The highest BCUT2D eigenvalue weighted by atomic mass is 16.1. The monoisotopic (exact) mass is 262 g/mol. The molecule has 1 amide bonds. The van der Waals surface area contributed by atoms with Gasteiger partial charge < -0.3 is 10.6 Å². The summed E-state index contributed by atoms with van der Waals surface area (Å²) < 4.78 is 0. The van der Waals surface area contributed by atoms with Crippen molar-refractivity contribution in [2.24, 2.45) is 5.92 Å². The lowest BCUT2D eigenvalue weighted by molar-refractivity contribution is -0.120. The molecule has 0 spiro atoms. The molecule has 0 aliphatic rings. The highest BCUT2D eigenvalue weighted by Gasteiger charge is 2.06. The fourth-order valence-electron chi connectivity index (χ4n) is 1.86. The van der Waals surface area contributed by atoms with Gasteiger partial charge in [0.25, 0.3) is 0 Å². The number of hydrogen-bond donors (Lipinski definition) is 2. The number of benzene rings is 1. The molecule has 0 radical (unpaired) electrons. The first-order chi connectivity index (χ1) is 9.09. The van der Waals surface area contributed by atoms with E-state index in [1.165, 1.54) is 5.56 Å². The van der Waals surface area contributed by atoms with Crippen LogP contribution in [0.15, 0.2) is 30.3 Å². The van der Waals surface area contributed by atoms with Crippen LogP contribution in [0, 0.1) is 5.92 Å². The fraction of sp³-hybridized carbons (Fsp3) is 0.562. The van der Waals surface area contributed by atoms with E-state index in [4.69, 9.17) is 0 Å². The van der Waals surface area contributed by atoms with E-state index >= 15 is 0 Å². The van der Waals surface area contributed by atoms with Gasteiger partial charge in [0.1, 0.15) is 0 Å². The zero-order valence-electron chi connectivity index (χ0n) is 12.3. The van der Waals surface area contributed by atoms with Crippen molar-refractivity contribution in [2.75, 3.05) is 19.6 Å². The third-order valence-corrected chi connectivity index (χ3v) is 3.15. The molecule has 1 atom stereocenters. The lowest BCUT2D eigenvalue weighted by Gasteiger charge is -2.13. The van der Waals surface area contributed by atoms with Gasteiger partial charge in [0, 0.05) is 13.1 Å². The van der Waals surface area contributed by atoms with Gasteiger partial charge in [-0.1, -0.05) is 51.1 Å². The van der Waals surface area contributed by atoms with E-state index in [1.54, 1.807) is 0 Å². The molecule has 1 rings (SSSR count). The molecule has 19 heavy (non-hydrogen) atoms. The van der Waals surface area contributed by atoms with Crippen LogP contribution in [-0.2, 0) is 4.79 Å². The maximum absolute atomic E-state index is 11.6. The van der Waals surface area contributed by atoms with Crippen LogP contribution in [0.4, 0.5) is 0 Å². The lowest BCUT2D eigenvalue weighted by atomic mass is 10.0. The molecule has 0 saturated heterocycles. The van der Waals surface area contributed by atoms with Crippen molar-refractivity contribution in [3.05, 3.63) is 35.9 Å². The summed E-state index contributed by atoms with van der Waals surface area (Å²) in [5.41, 5.74) is 1.30. The molecule has 0 heterocycles. The van der Waals surface area contributed by atoms with Gasteiger partial charge in [-0.25, -0.2) is 0 Å². The Morgan fingerprint density at radius 3 is 2.47 bits per heavy atom. The Kier molecular flexibility index (Phi) is 7.19. The smallest absolute Gasteiger partial charge is 0.233 e. The molecule has 1 aromatic rings. The van der Waals surface area contributed by atoms with Crippen molar-refractivity contribution >= 4 is 5.91 Å². The highest BCUT2D eigenvalue weighted by Crippen LogP contribution is 2.12. The third-order valence-electron chi connectivity index (χ3n) is 3.15. The number of nitrogens with one attached hydrogen (secondary N) is 2. The average molecular weight is 262 g/mol. The molecule has 0 fully saturated rings. The van der Waals surface area contributed by atoms with E-state index in [1.807, 2.05) is 18.2 Å². The summed E-state index contributed by atoms with van der Waals surface area (Å²) in [7, 11) is 0. The average Bonchev–Trinajstić information content (AvgIpc) is 2.39. The first-order valence-corrected chi connectivity index (χ1v) is 7.12. The number of rotatable bonds is 8. The predicted molar refractivity (Wildman–Crippen MR) is 80.2 cm³/mol. The van der Waals surface area contributed by atoms with Crippen molar-refractivity contribution in [3.8, 4) is 0 Å². The van der Waals surface area contributed by atoms with Gasteiger partial charge in [-0.3, -0.25) is 4.79 Å². The molecule has 0 aliphatic carbocycles. The summed E-state index contributed by atoms with van der Waals surface area (Å²) >= 11 is 0. The normalized spacial score (nSPS) is 12.4. The van der Waals surface area contributed by atoms with Crippen molar-refractivity contribution in [3.63, 3.8) is 0 Å². The summed E-state index contributed by atoms with van der Waals surface area (Å²) in [6.45, 7) is 8.47. The van der Waals surface area contributed by atoms with Crippen LogP contribution in [0.2, 0.25) is 0 Å². The van der Waals surface area contributed by atoms with Crippen molar-refractivity contribution in [1.82, 2.24) is 10.6 Å². The molecule has 1 unspecified atom stereocenters. The van der Waals surface area contributed by atoms with Crippen LogP contribution >= 0.6 is 0 Å². The fourth-order valence-corrected chi connectivity index (χ4v) is 1.86. The molecule has 106 valence electrons. The van der Waals surface area contributed by atoms with Crippen LogP contribution in [-0.4, -0.2) is 25.5 Å². The molecule has 1 aromatic carbocycles. The summed E-state index contributed by atoms with van der Waals surface area (Å²) in [6, 6.07) is 10.4. The van der Waals surface area contributed by atoms with E-state index in [9.17, 15) is 4.79 Å². The first kappa shape index (κ1) is 15.7. The molecular weight excluding hydrogens is 236 g/mol. The Bertz CT molecular complexity index is 362. The largest absolute Gasteiger partial charge is 0.355 e. The van der Waals surface area contributed by atoms with Crippen molar-refractivity contribution in [2.45, 2.75) is 33.1 Å². The van der Waals surface area contributed by atoms with Crippen LogP contribution in [0.25, 0.3) is 0 Å². The number of amides is 1. The van der Waals surface area contributed by atoms with E-state index < -0.39 is 0 Å². The second-order valence-electron chi connectivity index (χ2n) is 5.48. The molecule has 0 bridgehead atoms. The summed E-state index contributed by atoms with van der Waals surface area (Å²) in [6.07, 6.45) is 1.03. The van der Waals surface area contributed by atoms with Crippen LogP contribution in [0.1, 0.15) is 38.7 Å². The maximum Gasteiger partial charge on any atom is 0.233 e. The van der Waals surface area contributed by atoms with Gasteiger partial charge in [0.2, 0.25) is 5.91 Å². The Hall–Kier alpha value is -1.35. The Morgan fingerprint density at radius 1 is 1.16 bits per heavy atom. The second kappa shape index (κ2) is 8.70. The minimum Gasteiger partial charge on any atom is -0.355 e. The van der Waals surface area contributed by atoms with Crippen molar-refractivity contribution in [1.29, 1.82) is 0 Å². The molecule has 3 nitrogen and oxygen atoms in total. The van der Waals surface area contributed by atoms with Gasteiger partial charge in [-0.05, 0) is 23.8 Å². The van der Waals surface area contributed by atoms with E-state index in [-0.39, 0.29) is 5.91 Å². The number of carbonyl (C=O) groups is 1. The summed E-state index contributed by atoms with van der Waals surface area (Å²) in [5, 5.41) is 6.14. The topological polar surface area (TPSA) is 41.1 Å². The van der Waals surface area contributed by atoms with Gasteiger partial charge >= 0.3 is 0 Å². The minimum atomic E-state index is 0.0842. The molecular formula is C16H26N2O. The van der Waals surface area contributed by atoms with Gasteiger partial charge in [-0.2, -0.15) is 0 Å². The number of carbonyl (C=O) groups excluding carboxylic acids is 1. The lowest BCUT2D eigenvalue weighted by Crippen LogP contribution is -2.36. The number of hydrogen-bond acceptors (Lipinski definition) is 2. The molecule has 2 N–H and O–H groups in total. The summed E-state index contributed by atoms with van der Waals surface area (Å²) in [5.74, 6) is 1.14. The molecule has 0 saturated carbocycles. The molecule has 3 heteroatoms. The van der Waals surface area contributed by atoms with E-state index in [0.717, 1.165) is 19.5 Å². The SMILES string of the molecule is CC(C)CCNC(=O)CNCC(C)c1ccccc1. The van der Waals surface area contributed by atoms with Crippen LogP contribution in [0.5, 0.6) is 0 Å². The quantitative estimate of drug-likeness (QED) is 0.756. The predicted octanol–water partition coefficient (Wildman–Crippen LogP) is 2.54. The van der Waals surface area contributed by atoms with Gasteiger partial charge in [0.05, 0.1) is 6.54 Å². The zero-order valence-corrected chi connectivity index (χ0v) is 12.3. The molecule has 0 aromatic heterocycles. The standard InChI is InChI=1S/C16H26N2O/c1-13(2)9-10-18-16(19)12-17-11-14(3)15-7-5-4-6-8-15/h4-8,13-14,17H,9-12H2,1-3H3,(H,18,19). The van der Waals surface area contributed by atoms with Crippen LogP contribution in [0.3, 0.4) is 0 Å². The maximum atomic E-state index is 11.6. The first-order valence-electron chi connectivity index (χ1n) is 7.12. The van der Waals surface area contributed by atoms with Gasteiger partial charge in [-0.15, -0.1) is 0 Å². The second-order valence-corrected chi connectivity index (χ2v) is 5.48. The highest BCUT2D eigenvalue weighted by molar-refractivity contribution is 5.77. The Morgan fingerprint density at radius 2 is 1.84 bits per heavy atom. The van der Waals surface area contributed by atoms with E-state index in [0.29, 0.717) is 18.4 Å².